The monoisotopic (exact) mass is 154 g/mol. The maximum atomic E-state index is 10.2. The van der Waals surface area contributed by atoms with Crippen molar-refractivity contribution in [2.24, 2.45) is 5.92 Å². The highest BCUT2D eigenvalue weighted by Crippen LogP contribution is 2.12. The fraction of sp³-hybridized carbons (Fsp3) is 0.375. The minimum Gasteiger partial charge on any atom is -0.303 e. The lowest BCUT2D eigenvalue weighted by atomic mass is 10.1. The molecule has 1 heterocycles. The number of carbonyl (C=O) groups is 1. The molecule has 1 aromatic heterocycles. The largest absolute Gasteiger partial charge is 0.303 e. The van der Waals surface area contributed by atoms with E-state index >= 15 is 0 Å². The maximum Gasteiger partial charge on any atom is 0.123 e. The molecule has 1 rings (SSSR count). The second-order valence-electron chi connectivity index (χ2n) is 2.40. The van der Waals surface area contributed by atoms with Crippen LogP contribution in [0.2, 0.25) is 0 Å². The van der Waals surface area contributed by atoms with Gasteiger partial charge < -0.3 is 4.79 Å². The van der Waals surface area contributed by atoms with Crippen molar-refractivity contribution in [1.29, 1.82) is 0 Å². The Kier molecular flexibility index (Phi) is 2.63. The summed E-state index contributed by atoms with van der Waals surface area (Å²) in [4.78, 5) is 11.5. The molecule has 10 heavy (non-hydrogen) atoms. The second kappa shape index (κ2) is 3.52. The topological polar surface area (TPSA) is 17.1 Å². The maximum absolute atomic E-state index is 10.2. The van der Waals surface area contributed by atoms with E-state index in [-0.39, 0.29) is 5.92 Å². The van der Waals surface area contributed by atoms with Crippen LogP contribution in [0.25, 0.3) is 0 Å². The van der Waals surface area contributed by atoms with Crippen molar-refractivity contribution in [1.82, 2.24) is 0 Å². The zero-order chi connectivity index (χ0) is 7.40. The van der Waals surface area contributed by atoms with E-state index in [1.165, 1.54) is 4.88 Å². The Morgan fingerprint density at radius 2 is 2.60 bits per heavy atom. The molecule has 0 saturated carbocycles. The number of carbonyl (C=O) groups excluding carboxylic acids is 1. The highest BCUT2D eigenvalue weighted by molar-refractivity contribution is 7.09. The standard InChI is InChI=1S/C8H10OS/c1-7(6-9)5-8-3-2-4-10-8/h2-4,6-7H,5H2,1H3. The molecular formula is C8H10OS. The van der Waals surface area contributed by atoms with Crippen LogP contribution in [0.3, 0.4) is 0 Å². The van der Waals surface area contributed by atoms with Gasteiger partial charge in [0, 0.05) is 10.8 Å². The minimum atomic E-state index is 0.165. The Hall–Kier alpha value is -0.630. The molecule has 0 aliphatic carbocycles. The van der Waals surface area contributed by atoms with E-state index in [2.05, 4.69) is 6.07 Å². The molecule has 0 N–H and O–H groups in total. The molecule has 0 saturated heterocycles. The Morgan fingerprint density at radius 1 is 1.80 bits per heavy atom. The summed E-state index contributed by atoms with van der Waals surface area (Å²) >= 11 is 1.71. The molecule has 0 amide bonds. The SMILES string of the molecule is CC(C=O)Cc1cccs1. The van der Waals surface area contributed by atoms with Crippen LogP contribution < -0.4 is 0 Å². The zero-order valence-corrected chi connectivity index (χ0v) is 6.73. The van der Waals surface area contributed by atoms with Gasteiger partial charge in [-0.3, -0.25) is 0 Å². The van der Waals surface area contributed by atoms with Crippen LogP contribution in [0.1, 0.15) is 11.8 Å². The van der Waals surface area contributed by atoms with Crippen molar-refractivity contribution in [3.05, 3.63) is 22.4 Å². The first kappa shape index (κ1) is 7.48. The van der Waals surface area contributed by atoms with E-state index in [1.54, 1.807) is 11.3 Å². The highest BCUT2D eigenvalue weighted by Gasteiger charge is 2.00. The van der Waals surface area contributed by atoms with Gasteiger partial charge in [0.2, 0.25) is 0 Å². The molecule has 54 valence electrons. The minimum absolute atomic E-state index is 0.165. The zero-order valence-electron chi connectivity index (χ0n) is 5.91. The third-order valence-corrected chi connectivity index (χ3v) is 2.23. The van der Waals surface area contributed by atoms with Crippen LogP contribution in [0.5, 0.6) is 0 Å². The number of rotatable bonds is 3. The smallest absolute Gasteiger partial charge is 0.123 e. The van der Waals surface area contributed by atoms with Crippen LogP contribution in [0.15, 0.2) is 17.5 Å². The number of aldehydes is 1. The van der Waals surface area contributed by atoms with Crippen LogP contribution >= 0.6 is 11.3 Å². The van der Waals surface area contributed by atoms with Gasteiger partial charge in [-0.25, -0.2) is 0 Å². The fourth-order valence-corrected chi connectivity index (χ4v) is 1.64. The van der Waals surface area contributed by atoms with Crippen molar-refractivity contribution < 1.29 is 4.79 Å². The third-order valence-electron chi connectivity index (χ3n) is 1.34. The van der Waals surface area contributed by atoms with E-state index in [9.17, 15) is 4.79 Å². The first-order valence-corrected chi connectivity index (χ1v) is 4.18. The Morgan fingerprint density at radius 3 is 3.10 bits per heavy atom. The third kappa shape index (κ3) is 1.95. The van der Waals surface area contributed by atoms with Crippen molar-refractivity contribution in [2.45, 2.75) is 13.3 Å². The summed E-state index contributed by atoms with van der Waals surface area (Å²) in [5.74, 6) is 0.165. The fourth-order valence-electron chi connectivity index (χ4n) is 0.794. The van der Waals surface area contributed by atoms with Gasteiger partial charge in [-0.2, -0.15) is 0 Å². The quantitative estimate of drug-likeness (QED) is 0.609. The van der Waals surface area contributed by atoms with Gasteiger partial charge in [-0.15, -0.1) is 11.3 Å². The van der Waals surface area contributed by atoms with Gasteiger partial charge in [0.15, 0.2) is 0 Å². The molecule has 2 heteroatoms. The lowest BCUT2D eigenvalue weighted by Crippen LogP contribution is -1.97. The molecule has 0 aliphatic rings. The summed E-state index contributed by atoms with van der Waals surface area (Å²) in [5, 5.41) is 2.03. The van der Waals surface area contributed by atoms with Crippen LogP contribution in [0, 0.1) is 5.92 Å². The summed E-state index contributed by atoms with van der Waals surface area (Å²) in [7, 11) is 0. The Labute approximate surface area is 64.7 Å². The van der Waals surface area contributed by atoms with Gasteiger partial charge >= 0.3 is 0 Å². The molecule has 0 spiro atoms. The molecular weight excluding hydrogens is 144 g/mol. The summed E-state index contributed by atoms with van der Waals surface area (Å²) < 4.78 is 0. The van der Waals surface area contributed by atoms with Gasteiger partial charge in [0.25, 0.3) is 0 Å². The Balaban J connectivity index is 2.47. The molecule has 0 fully saturated rings. The lowest BCUT2D eigenvalue weighted by Gasteiger charge is -1.97. The average molecular weight is 154 g/mol. The van der Waals surface area contributed by atoms with E-state index < -0.39 is 0 Å². The first-order valence-electron chi connectivity index (χ1n) is 3.30. The first-order chi connectivity index (χ1) is 4.83. The number of thiophene rings is 1. The molecule has 1 aromatic rings. The predicted octanol–water partition coefficient (Wildman–Crippen LogP) is 2.13. The van der Waals surface area contributed by atoms with Crippen LogP contribution in [0.4, 0.5) is 0 Å². The van der Waals surface area contributed by atoms with E-state index in [0.717, 1.165) is 12.7 Å². The molecule has 1 nitrogen and oxygen atoms in total. The van der Waals surface area contributed by atoms with Crippen LogP contribution in [-0.2, 0) is 11.2 Å². The lowest BCUT2D eigenvalue weighted by molar-refractivity contribution is -0.110. The van der Waals surface area contributed by atoms with E-state index in [4.69, 9.17) is 0 Å². The summed E-state index contributed by atoms with van der Waals surface area (Å²) in [6.45, 7) is 1.94. The van der Waals surface area contributed by atoms with Crippen molar-refractivity contribution in [3.63, 3.8) is 0 Å². The van der Waals surface area contributed by atoms with Gasteiger partial charge in [-0.1, -0.05) is 13.0 Å². The van der Waals surface area contributed by atoms with E-state index in [0.29, 0.717) is 0 Å². The number of hydrogen-bond donors (Lipinski definition) is 0. The summed E-state index contributed by atoms with van der Waals surface area (Å²) in [5.41, 5.74) is 0. The Bertz CT molecular complexity index is 191. The molecule has 0 aromatic carbocycles. The average Bonchev–Trinajstić information content (AvgIpc) is 2.40. The molecule has 0 bridgehead atoms. The normalized spacial score (nSPS) is 12.9. The second-order valence-corrected chi connectivity index (χ2v) is 3.43. The predicted molar refractivity (Wildman–Crippen MR) is 43.3 cm³/mol. The molecule has 0 aliphatic heterocycles. The highest BCUT2D eigenvalue weighted by atomic mass is 32.1. The molecule has 1 atom stereocenters. The number of hydrogen-bond acceptors (Lipinski definition) is 2. The summed E-state index contributed by atoms with van der Waals surface area (Å²) in [6.07, 6.45) is 1.89. The van der Waals surface area contributed by atoms with Crippen molar-refractivity contribution in [2.75, 3.05) is 0 Å². The molecule has 1 unspecified atom stereocenters. The van der Waals surface area contributed by atoms with Gasteiger partial charge in [-0.05, 0) is 17.9 Å². The van der Waals surface area contributed by atoms with Crippen LogP contribution in [-0.4, -0.2) is 6.29 Å². The van der Waals surface area contributed by atoms with Crippen molar-refractivity contribution >= 4 is 17.6 Å². The van der Waals surface area contributed by atoms with Gasteiger partial charge in [0.1, 0.15) is 6.29 Å². The van der Waals surface area contributed by atoms with Crippen molar-refractivity contribution in [3.8, 4) is 0 Å². The molecule has 0 radical (unpaired) electrons. The van der Waals surface area contributed by atoms with E-state index in [1.807, 2.05) is 18.4 Å². The summed E-state index contributed by atoms with van der Waals surface area (Å²) in [6, 6.07) is 4.07. The van der Waals surface area contributed by atoms with Gasteiger partial charge in [0.05, 0.1) is 0 Å².